The number of sulfonamides is 1. The molecule has 1 aromatic rings. The zero-order valence-corrected chi connectivity index (χ0v) is 12.0. The lowest BCUT2D eigenvalue weighted by Gasteiger charge is -2.30. The van der Waals surface area contributed by atoms with Crippen molar-refractivity contribution in [3.8, 4) is 0 Å². The molecule has 0 aromatic heterocycles. The first-order chi connectivity index (χ1) is 9.01. The van der Waals surface area contributed by atoms with E-state index in [1.165, 1.54) is 4.31 Å². The average Bonchev–Trinajstić information content (AvgIpc) is 2.42. The first kappa shape index (κ1) is 14.5. The van der Waals surface area contributed by atoms with Gasteiger partial charge in [-0.2, -0.15) is 0 Å². The maximum atomic E-state index is 12.4. The van der Waals surface area contributed by atoms with Crippen LogP contribution in [0.3, 0.4) is 0 Å². The minimum Gasteiger partial charge on any atom is -0.393 e. The lowest BCUT2D eigenvalue weighted by atomic mass is 9.86. The molecule has 1 aliphatic carbocycles. The van der Waals surface area contributed by atoms with Gasteiger partial charge in [-0.15, -0.1) is 0 Å². The Bertz CT molecular complexity index is 501. The maximum absolute atomic E-state index is 12.4. The number of benzene rings is 1. The zero-order chi connectivity index (χ0) is 13.9. The van der Waals surface area contributed by atoms with Crippen molar-refractivity contribution in [3.63, 3.8) is 0 Å². The van der Waals surface area contributed by atoms with Crippen molar-refractivity contribution < 1.29 is 13.5 Å². The van der Waals surface area contributed by atoms with Crippen LogP contribution in [0.4, 0.5) is 0 Å². The highest BCUT2D eigenvalue weighted by Gasteiger charge is 2.28. The Hall–Kier alpha value is -0.910. The van der Waals surface area contributed by atoms with E-state index in [-0.39, 0.29) is 12.0 Å². The number of hydrogen-bond acceptors (Lipinski definition) is 3. The van der Waals surface area contributed by atoms with Crippen LogP contribution in [0.25, 0.3) is 0 Å². The molecule has 2 atom stereocenters. The smallest absolute Gasteiger partial charge is 0.242 e. The van der Waals surface area contributed by atoms with Crippen molar-refractivity contribution in [3.05, 3.63) is 30.3 Å². The van der Waals surface area contributed by atoms with Crippen LogP contribution in [-0.4, -0.2) is 37.5 Å². The third-order valence-electron chi connectivity index (χ3n) is 3.81. The van der Waals surface area contributed by atoms with Crippen LogP contribution in [0, 0.1) is 5.92 Å². The van der Waals surface area contributed by atoms with Gasteiger partial charge in [0.1, 0.15) is 0 Å². The van der Waals surface area contributed by atoms with E-state index in [2.05, 4.69) is 0 Å². The summed E-state index contributed by atoms with van der Waals surface area (Å²) >= 11 is 0. The molecule has 5 heteroatoms. The number of aliphatic hydroxyl groups excluding tert-OH is 1. The summed E-state index contributed by atoms with van der Waals surface area (Å²) in [6.07, 6.45) is 3.41. The van der Waals surface area contributed by atoms with Crippen molar-refractivity contribution in [1.82, 2.24) is 4.31 Å². The fourth-order valence-corrected chi connectivity index (χ4v) is 3.85. The highest BCUT2D eigenvalue weighted by atomic mass is 32.2. The lowest BCUT2D eigenvalue weighted by molar-refractivity contribution is 0.0620. The van der Waals surface area contributed by atoms with Crippen molar-refractivity contribution >= 4 is 10.0 Å². The van der Waals surface area contributed by atoms with Crippen LogP contribution in [0.5, 0.6) is 0 Å². The quantitative estimate of drug-likeness (QED) is 0.917. The van der Waals surface area contributed by atoms with E-state index in [1.54, 1.807) is 37.4 Å². The van der Waals surface area contributed by atoms with Gasteiger partial charge < -0.3 is 5.11 Å². The second kappa shape index (κ2) is 6.03. The molecular formula is C14H21NO3S. The van der Waals surface area contributed by atoms with E-state index in [0.717, 1.165) is 25.7 Å². The largest absolute Gasteiger partial charge is 0.393 e. The molecular weight excluding hydrogens is 262 g/mol. The number of hydrogen-bond donors (Lipinski definition) is 1. The van der Waals surface area contributed by atoms with E-state index in [4.69, 9.17) is 0 Å². The molecule has 1 fully saturated rings. The third kappa shape index (κ3) is 3.35. The second-order valence-corrected chi connectivity index (χ2v) is 7.26. The standard InChI is InChI=1S/C14H21NO3S/c1-15(11-12-7-5-6-10-14(12)16)19(17,18)13-8-3-2-4-9-13/h2-4,8-9,12,14,16H,5-7,10-11H2,1H3. The van der Waals surface area contributed by atoms with Gasteiger partial charge in [-0.05, 0) is 30.9 Å². The molecule has 1 aliphatic rings. The summed E-state index contributed by atoms with van der Waals surface area (Å²) in [7, 11) is -1.85. The predicted octanol–water partition coefficient (Wildman–Crippen LogP) is 1.86. The Labute approximate surface area is 115 Å². The zero-order valence-electron chi connectivity index (χ0n) is 11.2. The van der Waals surface area contributed by atoms with Gasteiger partial charge in [0.05, 0.1) is 11.0 Å². The van der Waals surface area contributed by atoms with Gasteiger partial charge >= 0.3 is 0 Å². The first-order valence-corrected chi connectivity index (χ1v) is 8.15. The molecule has 106 valence electrons. The molecule has 0 saturated heterocycles. The van der Waals surface area contributed by atoms with Crippen LogP contribution >= 0.6 is 0 Å². The molecule has 0 aliphatic heterocycles. The number of rotatable bonds is 4. The lowest BCUT2D eigenvalue weighted by Crippen LogP contribution is -2.38. The minimum atomic E-state index is -3.44. The fraction of sp³-hybridized carbons (Fsp3) is 0.571. The van der Waals surface area contributed by atoms with Gasteiger partial charge in [-0.1, -0.05) is 31.0 Å². The Kier molecular flexibility index (Phi) is 4.60. The van der Waals surface area contributed by atoms with Gasteiger partial charge in [0.15, 0.2) is 0 Å². The number of nitrogens with zero attached hydrogens (tertiary/aromatic N) is 1. The van der Waals surface area contributed by atoms with Crippen molar-refractivity contribution in [1.29, 1.82) is 0 Å². The number of aliphatic hydroxyl groups is 1. The van der Waals surface area contributed by atoms with E-state index in [1.807, 2.05) is 0 Å². The molecule has 4 nitrogen and oxygen atoms in total. The molecule has 2 unspecified atom stereocenters. The van der Waals surface area contributed by atoms with Crippen LogP contribution in [-0.2, 0) is 10.0 Å². The van der Waals surface area contributed by atoms with Gasteiger partial charge in [-0.3, -0.25) is 0 Å². The molecule has 1 saturated carbocycles. The Morgan fingerprint density at radius 2 is 1.84 bits per heavy atom. The van der Waals surface area contributed by atoms with Gasteiger partial charge in [0.25, 0.3) is 0 Å². The molecule has 0 spiro atoms. The third-order valence-corrected chi connectivity index (χ3v) is 5.65. The Morgan fingerprint density at radius 1 is 1.21 bits per heavy atom. The molecule has 0 radical (unpaired) electrons. The first-order valence-electron chi connectivity index (χ1n) is 6.71. The summed E-state index contributed by atoms with van der Waals surface area (Å²) in [5, 5.41) is 9.93. The summed E-state index contributed by atoms with van der Waals surface area (Å²) in [4.78, 5) is 0.308. The normalized spacial score (nSPS) is 24.6. The van der Waals surface area contributed by atoms with Crippen molar-refractivity contribution in [2.24, 2.45) is 5.92 Å². The Balaban J connectivity index is 2.09. The van der Waals surface area contributed by atoms with E-state index in [0.29, 0.717) is 11.4 Å². The SMILES string of the molecule is CN(CC1CCCCC1O)S(=O)(=O)c1ccccc1. The Morgan fingerprint density at radius 3 is 2.47 bits per heavy atom. The van der Waals surface area contributed by atoms with Crippen LogP contribution in [0.2, 0.25) is 0 Å². The molecule has 1 N–H and O–H groups in total. The van der Waals surface area contributed by atoms with Gasteiger partial charge in [0.2, 0.25) is 10.0 Å². The average molecular weight is 283 g/mol. The molecule has 1 aromatic carbocycles. The van der Waals surface area contributed by atoms with Crippen LogP contribution in [0.15, 0.2) is 35.2 Å². The minimum absolute atomic E-state index is 0.0530. The van der Waals surface area contributed by atoms with Crippen molar-refractivity contribution in [2.45, 2.75) is 36.7 Å². The van der Waals surface area contributed by atoms with E-state index in [9.17, 15) is 13.5 Å². The topological polar surface area (TPSA) is 57.6 Å². The van der Waals surface area contributed by atoms with Gasteiger partial charge in [0, 0.05) is 13.6 Å². The van der Waals surface area contributed by atoms with E-state index >= 15 is 0 Å². The van der Waals surface area contributed by atoms with Crippen molar-refractivity contribution in [2.75, 3.05) is 13.6 Å². The fourth-order valence-electron chi connectivity index (χ4n) is 2.60. The second-order valence-electron chi connectivity index (χ2n) is 5.21. The maximum Gasteiger partial charge on any atom is 0.242 e. The molecule has 0 heterocycles. The summed E-state index contributed by atoms with van der Waals surface area (Å²) in [6, 6.07) is 8.43. The summed E-state index contributed by atoms with van der Waals surface area (Å²) in [6.45, 7) is 0.387. The highest BCUT2D eigenvalue weighted by Crippen LogP contribution is 2.26. The van der Waals surface area contributed by atoms with Crippen LogP contribution in [0.1, 0.15) is 25.7 Å². The molecule has 19 heavy (non-hydrogen) atoms. The monoisotopic (exact) mass is 283 g/mol. The molecule has 0 bridgehead atoms. The predicted molar refractivity (Wildman–Crippen MR) is 74.2 cm³/mol. The molecule has 0 amide bonds. The highest BCUT2D eigenvalue weighted by molar-refractivity contribution is 7.89. The summed E-state index contributed by atoms with van der Waals surface area (Å²) in [5.41, 5.74) is 0. The molecule has 2 rings (SSSR count). The van der Waals surface area contributed by atoms with Gasteiger partial charge in [-0.25, -0.2) is 12.7 Å². The van der Waals surface area contributed by atoms with E-state index < -0.39 is 10.0 Å². The van der Waals surface area contributed by atoms with Crippen LogP contribution < -0.4 is 0 Å². The summed E-state index contributed by atoms with van der Waals surface area (Å²) in [5.74, 6) is 0.0530. The summed E-state index contributed by atoms with van der Waals surface area (Å²) < 4.78 is 26.1.